The number of rotatable bonds is 9. The number of alkyl halides is 15. The number of anilines is 10. The fraction of sp³-hybridized carbons (Fsp3) is 0.269. The molecule has 5 aliphatic rings. The van der Waals surface area contributed by atoms with Crippen LogP contribution in [-0.2, 0) is 100 Å². The number of halogens is 20. The molecule has 0 fully saturated rings. The van der Waals surface area contributed by atoms with Crippen LogP contribution in [0.5, 0.6) is 0 Å². The van der Waals surface area contributed by atoms with Gasteiger partial charge in [-0.25, -0.2) is 46.9 Å². The van der Waals surface area contributed by atoms with E-state index in [-0.39, 0.29) is 208 Å². The number of ether oxygens (including phenoxy) is 3. The van der Waals surface area contributed by atoms with E-state index in [0.29, 0.717) is 0 Å². The minimum atomic E-state index is -4.92. The van der Waals surface area contributed by atoms with Crippen molar-refractivity contribution in [3.8, 4) is 6.07 Å². The third kappa shape index (κ3) is 19.7. The van der Waals surface area contributed by atoms with Crippen molar-refractivity contribution in [1.29, 1.82) is 5.26 Å². The zero-order valence-electron chi connectivity index (χ0n) is 64.1. The first-order valence-electron chi connectivity index (χ1n) is 35.0. The molecule has 15 rings (SSSR count). The number of aldehydes is 1. The minimum Gasteiger partial charge on any atom is -0.377 e. The Bertz CT molecular complexity index is 5300. The molecule has 624 valence electrons. The molecule has 5 aliphatic heterocycles. The molecule has 0 saturated heterocycles. The van der Waals surface area contributed by atoms with Gasteiger partial charge in [-0.2, -0.15) is 71.1 Å². The van der Waals surface area contributed by atoms with Gasteiger partial charge in [0.2, 0.25) is 5.41 Å². The van der Waals surface area contributed by atoms with Crippen LogP contribution in [-0.4, -0.2) is 93.3 Å². The van der Waals surface area contributed by atoms with Crippen LogP contribution in [0.25, 0.3) is 0 Å². The summed E-state index contributed by atoms with van der Waals surface area (Å²) in [5.41, 5.74) is -13.0. The fourth-order valence-electron chi connectivity index (χ4n) is 13.7. The van der Waals surface area contributed by atoms with E-state index in [4.69, 9.17) is 17.2 Å². The number of hydrogen-bond donors (Lipinski definition) is 5. The van der Waals surface area contributed by atoms with Gasteiger partial charge >= 0.3 is 30.9 Å². The number of carbonyl (C=O) groups is 1. The molecule has 0 bridgehead atoms. The van der Waals surface area contributed by atoms with E-state index >= 15 is 0 Å². The normalized spacial score (nSPS) is 18.4. The summed E-state index contributed by atoms with van der Waals surface area (Å²) in [6.45, 7) is 9.16. The molecule has 5 aromatic heterocycles. The number of nitrogens with zero attached hydrogens (tertiary/aromatic N) is 6. The fourth-order valence-corrected chi connectivity index (χ4v) is 13.7. The van der Waals surface area contributed by atoms with Gasteiger partial charge in [-0.3, -0.25) is 0 Å². The quantitative estimate of drug-likeness (QED) is 0.0520. The van der Waals surface area contributed by atoms with Gasteiger partial charge in [-0.15, -0.1) is 0 Å². The maximum Gasteiger partial charge on any atom is 0.415 e. The number of fused-ring (bicyclic) bond motifs is 10. The van der Waals surface area contributed by atoms with Crippen molar-refractivity contribution in [2.45, 2.75) is 125 Å². The van der Waals surface area contributed by atoms with E-state index in [2.05, 4.69) is 73.9 Å². The molecule has 0 aliphatic carbocycles. The minimum absolute atomic E-state index is 0. The van der Waals surface area contributed by atoms with Crippen molar-refractivity contribution >= 4 is 86.2 Å². The summed E-state index contributed by atoms with van der Waals surface area (Å²) >= 11 is 7.33. The van der Waals surface area contributed by atoms with Gasteiger partial charge in [-0.1, -0.05) is 30.3 Å². The number of nitriles is 1. The molecule has 119 heavy (non-hydrogen) atoms. The Morgan fingerprint density at radius 3 is 1.23 bits per heavy atom. The van der Waals surface area contributed by atoms with E-state index in [1.54, 1.807) is 41.5 Å². The molecule has 0 spiro atoms. The van der Waals surface area contributed by atoms with Gasteiger partial charge in [0.25, 0.3) is 0 Å². The number of aromatic nitrogens is 5. The van der Waals surface area contributed by atoms with Crippen LogP contribution in [0.4, 0.5) is 145 Å². The molecule has 0 saturated carbocycles. The van der Waals surface area contributed by atoms with Gasteiger partial charge in [0.1, 0.15) is 75.8 Å². The SMILES string of the molecule is CC(C)OC(OC(C)C)C1(C(F)(F)F)c2cc(F)ccc2Nc2ncccc21.CC(C)OCC1(C(F)(F)F)c2cc(F)ccc2Nc2ncccc21.Fc1ccc2c(c1)C(C(F)(F)F)c1cccnc1N2.N#CC1(C(F)(F)F)c2cc(F)ccc2Nc2ncccc21.O=CC1(C(F)(F)F)c2cc(F)ccc2Nc2ncccc21.S=S.[3H][3H].[U].[U].[V].[V]. The summed E-state index contributed by atoms with van der Waals surface area (Å²) in [6.07, 6.45) is -20.5. The number of pyridine rings is 5. The van der Waals surface area contributed by atoms with Crippen molar-refractivity contribution < 1.29 is 209 Å². The molecule has 5 aromatic carbocycles. The van der Waals surface area contributed by atoms with Gasteiger partial charge in [-0.05, 0) is 168 Å². The standard InChI is InChI=1S/C20H22F4N2O2.C17H16F4N2O.C14H7F4N3.C14H8F4N2O.C13H8F4N2.S2.2U.2V.H2/c1-11(2)27-18(28-12(3)4)19(20(22,23)24)14-6-5-9-25-17(14)26-16-8-7-13(21)10-15(16)19;1-10(2)24-9-16(17(19,20)21)12-4-3-7-22-15(12)23-14-6-5-11(18)8-13(14)16;15-8-3-4-11-10(6-8)13(7-19,14(16,17)18)9-2-1-5-20-12(9)21-11;15-8-3-4-11-10(6-8)13(7-21,14(16,17)18)9-2-1-5-19-12(9)20-11;14-7-3-4-10-9(6-7)11(13(15,16)17)8-2-1-5-18-12(8)19-10;1-2;;;;;/h5-12,18H,1-4H3,(H,25,26);3-8,10H,9H2,1-2H3,(H,22,23);1-6H,(H,20,21);1-7H,(H,19,20);1-6,11H,(H,18,19);;;;;;1H/i;;;;;;;;;;1+2T. The van der Waals surface area contributed by atoms with Crippen molar-refractivity contribution in [1.82, 2.24) is 24.9 Å². The average molecular weight is 2240 g/mol. The molecule has 0 amide bonds. The van der Waals surface area contributed by atoms with Crippen LogP contribution in [0.15, 0.2) is 183 Å². The maximum absolute atomic E-state index is 14.9. The molecule has 41 heteroatoms. The first kappa shape index (κ1) is 98.3. The van der Waals surface area contributed by atoms with Crippen molar-refractivity contribution in [2.75, 3.05) is 33.2 Å². The van der Waals surface area contributed by atoms with Crippen LogP contribution in [0.3, 0.4) is 0 Å². The average Bonchev–Trinajstić information content (AvgIpc) is 0.707. The first-order chi connectivity index (χ1) is 55.1. The Morgan fingerprint density at radius 2 is 0.798 bits per heavy atom. The molecule has 2 radical (unpaired) electrons. The predicted molar refractivity (Wildman–Crippen MR) is 391 cm³/mol. The molecule has 5 atom stereocenters. The molecule has 10 heterocycles. The van der Waals surface area contributed by atoms with E-state index < -0.39 is 130 Å². The van der Waals surface area contributed by atoms with Crippen LogP contribution >= 0.6 is 0 Å². The third-order valence-corrected chi connectivity index (χ3v) is 18.6. The van der Waals surface area contributed by atoms with Gasteiger partial charge < -0.3 is 45.6 Å². The van der Waals surface area contributed by atoms with Crippen molar-refractivity contribution in [2.24, 2.45) is 0 Å². The predicted octanol–water partition coefficient (Wildman–Crippen LogP) is 21.0. The van der Waals surface area contributed by atoms with E-state index in [0.717, 1.165) is 72.8 Å². The van der Waals surface area contributed by atoms with E-state index in [9.17, 15) is 97.9 Å². The Hall–Kier alpha value is -7.80. The largest absolute Gasteiger partial charge is 0.415 e. The Labute approximate surface area is 750 Å². The van der Waals surface area contributed by atoms with E-state index in [1.807, 2.05) is 0 Å². The number of carbonyl (C=O) groups excluding carboxylic acids is 1. The zero-order valence-corrected chi connectivity index (χ0v) is 74.8. The summed E-state index contributed by atoms with van der Waals surface area (Å²) < 4.78 is 304. The molecule has 15 nitrogen and oxygen atoms in total. The topological polar surface area (TPSA) is 193 Å². The second-order valence-corrected chi connectivity index (χ2v) is 26.7. The summed E-state index contributed by atoms with van der Waals surface area (Å²) in [6, 6.07) is 30.3. The van der Waals surface area contributed by atoms with Gasteiger partial charge in [0, 0.05) is 234 Å². The number of benzene rings is 5. The Balaban J connectivity index is 0.000000265. The Morgan fingerprint density at radius 1 is 0.437 bits per heavy atom. The van der Waals surface area contributed by atoms with Crippen molar-refractivity contribution in [3.05, 3.63) is 267 Å². The molecular formula is C78H63F20N11O4S2U2V2. The second kappa shape index (κ2) is 39.6. The summed E-state index contributed by atoms with van der Waals surface area (Å²) in [5.74, 6) is -5.60. The van der Waals surface area contributed by atoms with Gasteiger partial charge in [0.15, 0.2) is 17.1 Å². The number of hydrogen-bond acceptors (Lipinski definition) is 17. The maximum atomic E-state index is 14.9. The van der Waals surface area contributed by atoms with Crippen LogP contribution in [0.2, 0.25) is 0 Å². The molecule has 10 aromatic rings. The monoisotopic (exact) mass is 2240 g/mol. The first-order valence-corrected chi connectivity index (χ1v) is 35.3. The number of nitrogens with one attached hydrogen (secondary N) is 5. The summed E-state index contributed by atoms with van der Waals surface area (Å²) in [5, 5.41) is 23.2. The second-order valence-electron chi connectivity index (χ2n) is 26.7. The van der Waals surface area contributed by atoms with E-state index in [1.165, 1.54) is 116 Å². The van der Waals surface area contributed by atoms with Crippen molar-refractivity contribution in [3.63, 3.8) is 0 Å². The molecular weight excluding hydrogens is 2180 g/mol. The van der Waals surface area contributed by atoms with Crippen LogP contribution in [0.1, 0.15) is 106 Å². The van der Waals surface area contributed by atoms with Crippen LogP contribution < -0.4 is 26.6 Å². The Kier molecular flexibility index (Phi) is 32.7. The molecule has 5 N–H and O–H groups in total. The summed E-state index contributed by atoms with van der Waals surface area (Å²) in [7, 11) is 0. The smallest absolute Gasteiger partial charge is 0.377 e. The molecule has 5 unspecified atom stereocenters. The van der Waals surface area contributed by atoms with Crippen LogP contribution in [0, 0.1) is 103 Å². The third-order valence-electron chi connectivity index (χ3n) is 18.6. The summed E-state index contributed by atoms with van der Waals surface area (Å²) in [4.78, 5) is 31.1. The zero-order chi connectivity index (χ0) is 86.3. The van der Waals surface area contributed by atoms with Gasteiger partial charge in [0.05, 0.1) is 31.0 Å².